The Kier molecular flexibility index (Phi) is 6.45. The number of halogens is 2. The highest BCUT2D eigenvalue weighted by Crippen LogP contribution is 2.28. The lowest BCUT2D eigenvalue weighted by atomic mass is 10.2. The van der Waals surface area contributed by atoms with Gasteiger partial charge in [0.15, 0.2) is 0 Å². The first-order valence-electron chi connectivity index (χ1n) is 6.60. The molecule has 1 heterocycles. The van der Waals surface area contributed by atoms with Crippen LogP contribution in [0.1, 0.15) is 19.8 Å². The van der Waals surface area contributed by atoms with Crippen molar-refractivity contribution in [1.82, 2.24) is 5.32 Å². The summed E-state index contributed by atoms with van der Waals surface area (Å²) in [5.74, 6) is -0.324. The molecule has 1 aliphatic heterocycles. The Labute approximate surface area is 135 Å². The molecule has 3 N–H and O–H groups in total. The van der Waals surface area contributed by atoms with Gasteiger partial charge in [-0.25, -0.2) is 0 Å². The van der Waals surface area contributed by atoms with Crippen LogP contribution < -0.4 is 16.0 Å². The number of benzene rings is 1. The second-order valence-electron chi connectivity index (χ2n) is 5.03. The summed E-state index contributed by atoms with van der Waals surface area (Å²) in [6.45, 7) is 2.30. The SMILES string of the molecule is CC(N)CC(=O)NC1CCN(c2ccccc2Cl)C1=O.Cl. The van der Waals surface area contributed by atoms with E-state index in [4.69, 9.17) is 17.3 Å². The average Bonchev–Trinajstić information content (AvgIpc) is 2.71. The molecular weight excluding hydrogens is 313 g/mol. The van der Waals surface area contributed by atoms with Crippen molar-refractivity contribution in [3.8, 4) is 0 Å². The van der Waals surface area contributed by atoms with Crippen molar-refractivity contribution < 1.29 is 9.59 Å². The van der Waals surface area contributed by atoms with Crippen LogP contribution in [-0.4, -0.2) is 30.4 Å². The smallest absolute Gasteiger partial charge is 0.249 e. The van der Waals surface area contributed by atoms with Crippen molar-refractivity contribution in [2.45, 2.75) is 31.8 Å². The molecule has 116 valence electrons. The molecule has 2 rings (SSSR count). The van der Waals surface area contributed by atoms with Crippen LogP contribution in [0, 0.1) is 0 Å². The minimum absolute atomic E-state index is 0. The van der Waals surface area contributed by atoms with Gasteiger partial charge in [-0.2, -0.15) is 0 Å². The van der Waals surface area contributed by atoms with Gasteiger partial charge in [0.25, 0.3) is 0 Å². The number of carbonyl (C=O) groups is 2. The lowest BCUT2D eigenvalue weighted by molar-refractivity contribution is -0.126. The van der Waals surface area contributed by atoms with E-state index in [0.29, 0.717) is 23.7 Å². The van der Waals surface area contributed by atoms with Crippen molar-refractivity contribution in [3.05, 3.63) is 29.3 Å². The summed E-state index contributed by atoms with van der Waals surface area (Å²) in [6, 6.07) is 6.48. The third-order valence-corrected chi connectivity index (χ3v) is 3.51. The molecule has 1 aromatic rings. The van der Waals surface area contributed by atoms with Crippen LogP contribution in [0.15, 0.2) is 24.3 Å². The number of para-hydroxylation sites is 1. The fourth-order valence-electron chi connectivity index (χ4n) is 2.27. The first-order valence-corrected chi connectivity index (χ1v) is 6.97. The van der Waals surface area contributed by atoms with E-state index >= 15 is 0 Å². The molecule has 1 saturated heterocycles. The van der Waals surface area contributed by atoms with Crippen molar-refractivity contribution in [2.24, 2.45) is 5.73 Å². The Balaban J connectivity index is 0.00000220. The lowest BCUT2D eigenvalue weighted by Gasteiger charge is -2.18. The number of hydrogen-bond acceptors (Lipinski definition) is 3. The van der Waals surface area contributed by atoms with Crippen molar-refractivity contribution in [3.63, 3.8) is 0 Å². The molecule has 0 bridgehead atoms. The zero-order valence-electron chi connectivity index (χ0n) is 11.7. The van der Waals surface area contributed by atoms with E-state index in [1.54, 1.807) is 24.0 Å². The maximum absolute atomic E-state index is 12.3. The molecule has 21 heavy (non-hydrogen) atoms. The Hall–Kier alpha value is -1.30. The summed E-state index contributed by atoms with van der Waals surface area (Å²) in [5.41, 5.74) is 6.25. The monoisotopic (exact) mass is 331 g/mol. The van der Waals surface area contributed by atoms with Gasteiger partial charge in [-0.15, -0.1) is 12.4 Å². The van der Waals surface area contributed by atoms with E-state index in [9.17, 15) is 9.59 Å². The molecule has 7 heteroatoms. The Morgan fingerprint density at radius 3 is 2.81 bits per heavy atom. The fraction of sp³-hybridized carbons (Fsp3) is 0.429. The van der Waals surface area contributed by atoms with Gasteiger partial charge in [0, 0.05) is 19.0 Å². The van der Waals surface area contributed by atoms with Gasteiger partial charge in [0.05, 0.1) is 10.7 Å². The van der Waals surface area contributed by atoms with Crippen LogP contribution in [-0.2, 0) is 9.59 Å². The van der Waals surface area contributed by atoms with E-state index in [0.717, 1.165) is 0 Å². The largest absolute Gasteiger partial charge is 0.344 e. The number of rotatable bonds is 4. The third-order valence-electron chi connectivity index (χ3n) is 3.19. The van der Waals surface area contributed by atoms with E-state index in [-0.39, 0.29) is 36.7 Å². The first-order chi connectivity index (χ1) is 9.49. The Morgan fingerprint density at radius 1 is 1.52 bits per heavy atom. The zero-order valence-corrected chi connectivity index (χ0v) is 13.3. The van der Waals surface area contributed by atoms with E-state index in [2.05, 4.69) is 5.32 Å². The molecule has 0 aliphatic carbocycles. The molecule has 0 saturated carbocycles. The van der Waals surface area contributed by atoms with Crippen molar-refractivity contribution in [2.75, 3.05) is 11.4 Å². The van der Waals surface area contributed by atoms with E-state index < -0.39 is 6.04 Å². The molecule has 0 radical (unpaired) electrons. The molecule has 5 nitrogen and oxygen atoms in total. The van der Waals surface area contributed by atoms with Crippen molar-refractivity contribution >= 4 is 41.5 Å². The van der Waals surface area contributed by atoms with Gasteiger partial charge in [-0.05, 0) is 25.5 Å². The fourth-order valence-corrected chi connectivity index (χ4v) is 2.51. The summed E-state index contributed by atoms with van der Waals surface area (Å²) >= 11 is 6.09. The summed E-state index contributed by atoms with van der Waals surface area (Å²) in [4.78, 5) is 25.6. The van der Waals surface area contributed by atoms with Crippen LogP contribution in [0.25, 0.3) is 0 Å². The summed E-state index contributed by atoms with van der Waals surface area (Å²) in [5, 5.41) is 3.26. The molecule has 1 aliphatic rings. The summed E-state index contributed by atoms with van der Waals surface area (Å²) in [6.07, 6.45) is 0.796. The number of hydrogen-bond donors (Lipinski definition) is 2. The molecule has 1 aromatic carbocycles. The highest BCUT2D eigenvalue weighted by molar-refractivity contribution is 6.34. The van der Waals surface area contributed by atoms with Gasteiger partial charge in [0.2, 0.25) is 11.8 Å². The third kappa shape index (κ3) is 4.33. The molecule has 2 atom stereocenters. The second kappa shape index (κ2) is 7.64. The highest BCUT2D eigenvalue weighted by Gasteiger charge is 2.34. The minimum Gasteiger partial charge on any atom is -0.344 e. The standard InChI is InChI=1S/C14H18ClN3O2.ClH/c1-9(16)8-13(19)17-11-6-7-18(14(11)20)12-5-3-2-4-10(12)15;/h2-5,9,11H,6-8,16H2,1H3,(H,17,19);1H. The molecular formula is C14H19Cl2N3O2. The number of nitrogens with two attached hydrogens (primary N) is 1. The number of amides is 2. The second-order valence-corrected chi connectivity index (χ2v) is 5.44. The number of nitrogens with zero attached hydrogens (tertiary/aromatic N) is 1. The van der Waals surface area contributed by atoms with E-state index in [1.807, 2.05) is 12.1 Å². The number of nitrogens with one attached hydrogen (secondary N) is 1. The molecule has 0 aromatic heterocycles. The van der Waals surface area contributed by atoms with Gasteiger partial charge in [-0.3, -0.25) is 9.59 Å². The highest BCUT2D eigenvalue weighted by atomic mass is 35.5. The van der Waals surface area contributed by atoms with Crippen LogP contribution in [0.3, 0.4) is 0 Å². The minimum atomic E-state index is -0.488. The van der Waals surface area contributed by atoms with Crippen LogP contribution >= 0.6 is 24.0 Å². The average molecular weight is 332 g/mol. The molecule has 0 spiro atoms. The van der Waals surface area contributed by atoms with Gasteiger partial charge < -0.3 is 16.0 Å². The van der Waals surface area contributed by atoms with E-state index in [1.165, 1.54) is 0 Å². The Morgan fingerprint density at radius 2 is 2.19 bits per heavy atom. The number of carbonyl (C=O) groups excluding carboxylic acids is 2. The predicted molar refractivity (Wildman–Crippen MR) is 85.9 cm³/mol. The normalized spacial score (nSPS) is 19.1. The maximum Gasteiger partial charge on any atom is 0.249 e. The molecule has 2 unspecified atom stereocenters. The quantitative estimate of drug-likeness (QED) is 0.882. The van der Waals surface area contributed by atoms with Crippen LogP contribution in [0.4, 0.5) is 5.69 Å². The van der Waals surface area contributed by atoms with Crippen LogP contribution in [0.2, 0.25) is 5.02 Å². The first kappa shape index (κ1) is 17.8. The van der Waals surface area contributed by atoms with Crippen molar-refractivity contribution in [1.29, 1.82) is 0 Å². The predicted octanol–water partition coefficient (Wildman–Crippen LogP) is 1.72. The van der Waals surface area contributed by atoms with Gasteiger partial charge in [-0.1, -0.05) is 23.7 Å². The van der Waals surface area contributed by atoms with Crippen LogP contribution in [0.5, 0.6) is 0 Å². The Bertz CT molecular complexity index is 523. The van der Waals surface area contributed by atoms with Gasteiger partial charge in [0.1, 0.15) is 6.04 Å². The molecule has 1 fully saturated rings. The number of anilines is 1. The topological polar surface area (TPSA) is 75.4 Å². The summed E-state index contributed by atoms with van der Waals surface area (Å²) < 4.78 is 0. The van der Waals surface area contributed by atoms with Gasteiger partial charge >= 0.3 is 0 Å². The summed E-state index contributed by atoms with van der Waals surface area (Å²) in [7, 11) is 0. The lowest BCUT2D eigenvalue weighted by Crippen LogP contribution is -2.43. The zero-order chi connectivity index (χ0) is 14.7. The molecule has 2 amide bonds. The maximum atomic E-state index is 12.3.